The maximum Gasteiger partial charge on any atom is 0.287 e. The number of hydrogen-bond acceptors (Lipinski definition) is 7. The highest BCUT2D eigenvalue weighted by Crippen LogP contribution is 2.36. The Bertz CT molecular complexity index is 827. The van der Waals surface area contributed by atoms with Crippen LogP contribution in [0.5, 0.6) is 0 Å². The van der Waals surface area contributed by atoms with Crippen molar-refractivity contribution >= 4 is 40.8 Å². The van der Waals surface area contributed by atoms with E-state index in [2.05, 4.69) is 21.2 Å². The molecule has 10 heteroatoms. The van der Waals surface area contributed by atoms with Crippen LogP contribution in [0.15, 0.2) is 47.5 Å². The first-order valence-corrected chi connectivity index (χ1v) is 8.13. The molecule has 3 N–H and O–H groups in total. The van der Waals surface area contributed by atoms with Crippen LogP contribution in [0.4, 0.5) is 17.2 Å². The molecular formula is C15H13N5O4S. The van der Waals surface area contributed by atoms with Crippen LogP contribution in [0.2, 0.25) is 0 Å². The van der Waals surface area contributed by atoms with Crippen LogP contribution in [-0.4, -0.2) is 27.0 Å². The van der Waals surface area contributed by atoms with E-state index in [0.717, 1.165) is 16.8 Å². The minimum absolute atomic E-state index is 0.0230. The number of pyridine rings is 1. The van der Waals surface area contributed by atoms with Crippen molar-refractivity contribution in [2.24, 2.45) is 0 Å². The summed E-state index contributed by atoms with van der Waals surface area (Å²) in [5.41, 5.74) is 5.58. The van der Waals surface area contributed by atoms with E-state index in [4.69, 9.17) is 0 Å². The Morgan fingerprint density at radius 1 is 1.32 bits per heavy atom. The van der Waals surface area contributed by atoms with E-state index < -0.39 is 16.1 Å². The van der Waals surface area contributed by atoms with Crippen LogP contribution in [0, 0.1) is 10.1 Å². The first-order valence-electron chi connectivity index (χ1n) is 7.25. The number of hydrazine groups is 1. The molecule has 0 spiro atoms. The molecular weight excluding hydrogens is 346 g/mol. The molecule has 3 rings (SSSR count). The van der Waals surface area contributed by atoms with E-state index in [9.17, 15) is 19.7 Å². The molecule has 9 nitrogen and oxygen atoms in total. The highest BCUT2D eigenvalue weighted by Gasteiger charge is 2.28. The maximum atomic E-state index is 12.1. The van der Waals surface area contributed by atoms with Crippen molar-refractivity contribution in [2.45, 2.75) is 16.6 Å². The number of rotatable bonds is 5. The predicted molar refractivity (Wildman–Crippen MR) is 92.0 cm³/mol. The number of nitrogens with zero attached hydrogens (tertiary/aromatic N) is 2. The number of nitro groups is 1. The zero-order valence-corrected chi connectivity index (χ0v) is 13.6. The number of thioether (sulfide) groups is 1. The molecule has 0 aliphatic carbocycles. The van der Waals surface area contributed by atoms with Gasteiger partial charge in [-0.1, -0.05) is 12.1 Å². The fourth-order valence-electron chi connectivity index (χ4n) is 2.15. The summed E-state index contributed by atoms with van der Waals surface area (Å²) < 4.78 is 0. The van der Waals surface area contributed by atoms with Crippen LogP contribution >= 0.6 is 11.8 Å². The molecule has 0 fully saturated rings. The van der Waals surface area contributed by atoms with Gasteiger partial charge in [0.2, 0.25) is 11.8 Å². The molecule has 25 heavy (non-hydrogen) atoms. The molecule has 2 amide bonds. The summed E-state index contributed by atoms with van der Waals surface area (Å²) in [6.45, 7) is 0. The first kappa shape index (κ1) is 16.7. The third-order valence-corrected chi connectivity index (χ3v) is 4.64. The summed E-state index contributed by atoms with van der Waals surface area (Å²) in [4.78, 5) is 38.8. The predicted octanol–water partition coefficient (Wildman–Crippen LogP) is 1.94. The SMILES string of the molecule is O=C(C[C@@H]1Sc2ccccc2NC1=O)NNc1ccc([N+](=O)[O-])cn1. The quantitative estimate of drug-likeness (QED) is 0.550. The molecule has 1 aromatic heterocycles. The third-order valence-electron chi connectivity index (χ3n) is 3.37. The molecule has 1 aromatic carbocycles. The zero-order chi connectivity index (χ0) is 17.8. The van der Waals surface area contributed by atoms with Crippen molar-refractivity contribution < 1.29 is 14.5 Å². The van der Waals surface area contributed by atoms with Crippen molar-refractivity contribution in [3.8, 4) is 0 Å². The monoisotopic (exact) mass is 359 g/mol. The van der Waals surface area contributed by atoms with E-state index in [1.807, 2.05) is 18.2 Å². The summed E-state index contributed by atoms with van der Waals surface area (Å²) >= 11 is 1.33. The van der Waals surface area contributed by atoms with Gasteiger partial charge < -0.3 is 5.32 Å². The number of carbonyl (C=O) groups is 2. The van der Waals surface area contributed by atoms with Crippen LogP contribution in [0.3, 0.4) is 0 Å². The van der Waals surface area contributed by atoms with Gasteiger partial charge in [0.25, 0.3) is 5.69 Å². The fraction of sp³-hybridized carbons (Fsp3) is 0.133. The fourth-order valence-corrected chi connectivity index (χ4v) is 3.26. The summed E-state index contributed by atoms with van der Waals surface area (Å²) in [6, 6.07) is 10.0. The average molecular weight is 359 g/mol. The van der Waals surface area contributed by atoms with Crippen molar-refractivity contribution in [3.63, 3.8) is 0 Å². The molecule has 0 saturated heterocycles. The van der Waals surface area contributed by atoms with Gasteiger partial charge in [0.1, 0.15) is 12.0 Å². The maximum absolute atomic E-state index is 12.1. The van der Waals surface area contributed by atoms with Gasteiger partial charge in [0, 0.05) is 17.4 Å². The standard InChI is InChI=1S/C15H13N5O4S/c21-14(19-18-13-6-5-9(8-16-13)20(23)24)7-12-15(22)17-10-3-1-2-4-11(10)25-12/h1-6,8,12H,7H2,(H,16,18)(H,17,22)(H,19,21)/t12-/m0/s1. The van der Waals surface area contributed by atoms with E-state index in [1.165, 1.54) is 23.9 Å². The number of amides is 2. The third kappa shape index (κ3) is 4.04. The zero-order valence-electron chi connectivity index (χ0n) is 12.8. The summed E-state index contributed by atoms with van der Waals surface area (Å²) in [6.07, 6.45) is 1.06. The Kier molecular flexibility index (Phi) is 4.80. The Labute approximate surface area is 146 Å². The van der Waals surface area contributed by atoms with E-state index in [1.54, 1.807) is 6.07 Å². The topological polar surface area (TPSA) is 126 Å². The van der Waals surface area contributed by atoms with Gasteiger partial charge in [-0.05, 0) is 18.2 Å². The Morgan fingerprint density at radius 3 is 2.84 bits per heavy atom. The van der Waals surface area contributed by atoms with Gasteiger partial charge in [0.15, 0.2) is 0 Å². The number of para-hydroxylation sites is 1. The van der Waals surface area contributed by atoms with Crippen molar-refractivity contribution in [3.05, 3.63) is 52.7 Å². The van der Waals surface area contributed by atoms with Crippen LogP contribution in [-0.2, 0) is 9.59 Å². The molecule has 128 valence electrons. The molecule has 0 saturated carbocycles. The smallest absolute Gasteiger partial charge is 0.287 e. The van der Waals surface area contributed by atoms with Gasteiger partial charge in [-0.25, -0.2) is 4.98 Å². The Morgan fingerprint density at radius 2 is 2.12 bits per heavy atom. The molecule has 0 unspecified atom stereocenters. The highest BCUT2D eigenvalue weighted by atomic mass is 32.2. The van der Waals surface area contributed by atoms with Gasteiger partial charge in [0.05, 0.1) is 15.9 Å². The Hall–Kier alpha value is -3.14. The summed E-state index contributed by atoms with van der Waals surface area (Å²) in [5.74, 6) is -0.371. The number of anilines is 2. The lowest BCUT2D eigenvalue weighted by Crippen LogP contribution is -2.37. The minimum Gasteiger partial charge on any atom is -0.324 e. The second kappa shape index (κ2) is 7.18. The Balaban J connectivity index is 1.54. The average Bonchev–Trinajstić information content (AvgIpc) is 2.61. The normalized spacial score (nSPS) is 15.7. The van der Waals surface area contributed by atoms with Gasteiger partial charge in [-0.2, -0.15) is 0 Å². The number of fused-ring (bicyclic) bond motifs is 1. The molecule has 2 heterocycles. The second-order valence-electron chi connectivity index (χ2n) is 5.13. The minimum atomic E-state index is -0.563. The summed E-state index contributed by atoms with van der Waals surface area (Å²) in [5, 5.41) is 12.8. The molecule has 0 radical (unpaired) electrons. The van der Waals surface area contributed by atoms with Crippen LogP contribution in [0.1, 0.15) is 6.42 Å². The van der Waals surface area contributed by atoms with Crippen molar-refractivity contribution in [1.29, 1.82) is 0 Å². The molecule has 2 aromatic rings. The number of nitrogens with one attached hydrogen (secondary N) is 3. The number of hydrogen-bond donors (Lipinski definition) is 3. The van der Waals surface area contributed by atoms with Crippen LogP contribution in [0.25, 0.3) is 0 Å². The molecule has 1 atom stereocenters. The summed E-state index contributed by atoms with van der Waals surface area (Å²) in [7, 11) is 0. The van der Waals surface area contributed by atoms with Crippen molar-refractivity contribution in [2.75, 3.05) is 10.7 Å². The van der Waals surface area contributed by atoms with Gasteiger partial charge >= 0.3 is 0 Å². The highest BCUT2D eigenvalue weighted by molar-refractivity contribution is 8.01. The van der Waals surface area contributed by atoms with Crippen LogP contribution < -0.4 is 16.2 Å². The molecule has 1 aliphatic rings. The van der Waals surface area contributed by atoms with Gasteiger partial charge in [-0.15, -0.1) is 11.8 Å². The van der Waals surface area contributed by atoms with Gasteiger partial charge in [-0.3, -0.25) is 30.6 Å². The van der Waals surface area contributed by atoms with E-state index in [-0.39, 0.29) is 23.8 Å². The van der Waals surface area contributed by atoms with E-state index in [0.29, 0.717) is 0 Å². The lowest BCUT2D eigenvalue weighted by Gasteiger charge is -2.23. The second-order valence-corrected chi connectivity index (χ2v) is 6.37. The number of carbonyl (C=O) groups excluding carboxylic acids is 2. The lowest BCUT2D eigenvalue weighted by molar-refractivity contribution is -0.385. The van der Waals surface area contributed by atoms with E-state index >= 15 is 0 Å². The molecule has 0 bridgehead atoms. The number of aromatic nitrogens is 1. The first-order chi connectivity index (χ1) is 12.0. The number of benzene rings is 1. The largest absolute Gasteiger partial charge is 0.324 e. The van der Waals surface area contributed by atoms with Crippen molar-refractivity contribution in [1.82, 2.24) is 10.4 Å². The lowest BCUT2D eigenvalue weighted by atomic mass is 10.2. The molecule has 1 aliphatic heterocycles.